The standard InChI is InChI=1S/C13H18N2OS/c1-10-4-3-5-12(8-10)16-7-6-14-13-15-11(2)9-17-13/h3-5,8,11H,6-7,9H2,1-2H3,(H,14,15). The number of nitrogens with zero attached hydrogens (tertiary/aromatic N) is 1. The number of aryl methyl sites for hydroxylation is 1. The number of thioether (sulfide) groups is 1. The summed E-state index contributed by atoms with van der Waals surface area (Å²) in [5.41, 5.74) is 1.22. The lowest BCUT2D eigenvalue weighted by atomic mass is 10.2. The Kier molecular flexibility index (Phi) is 4.31. The van der Waals surface area contributed by atoms with Crippen LogP contribution in [-0.2, 0) is 0 Å². The number of nitrogens with one attached hydrogen (secondary N) is 1. The zero-order valence-corrected chi connectivity index (χ0v) is 11.1. The molecule has 1 N–H and O–H groups in total. The van der Waals surface area contributed by atoms with Crippen LogP contribution in [-0.4, -0.2) is 30.1 Å². The van der Waals surface area contributed by atoms with Crippen LogP contribution in [0.1, 0.15) is 12.5 Å². The first kappa shape index (κ1) is 12.3. The van der Waals surface area contributed by atoms with E-state index in [1.54, 1.807) is 11.8 Å². The van der Waals surface area contributed by atoms with Gasteiger partial charge in [0.2, 0.25) is 0 Å². The van der Waals surface area contributed by atoms with Crippen LogP contribution in [0.2, 0.25) is 0 Å². The van der Waals surface area contributed by atoms with Gasteiger partial charge in [-0.1, -0.05) is 23.9 Å². The maximum Gasteiger partial charge on any atom is 0.156 e. The molecule has 0 saturated carbocycles. The molecule has 1 atom stereocenters. The zero-order chi connectivity index (χ0) is 12.1. The maximum absolute atomic E-state index is 5.63. The van der Waals surface area contributed by atoms with Crippen LogP contribution in [0.3, 0.4) is 0 Å². The Morgan fingerprint density at radius 3 is 3.12 bits per heavy atom. The topological polar surface area (TPSA) is 33.6 Å². The summed E-state index contributed by atoms with van der Waals surface area (Å²) in [5.74, 6) is 2.03. The molecule has 0 radical (unpaired) electrons. The summed E-state index contributed by atoms with van der Waals surface area (Å²) < 4.78 is 5.63. The van der Waals surface area contributed by atoms with Crippen molar-refractivity contribution in [2.75, 3.05) is 18.9 Å². The van der Waals surface area contributed by atoms with Crippen LogP contribution < -0.4 is 10.1 Å². The van der Waals surface area contributed by atoms with E-state index in [0.717, 1.165) is 16.7 Å². The average Bonchev–Trinajstić information content (AvgIpc) is 2.71. The second-order valence-electron chi connectivity index (χ2n) is 4.21. The number of aliphatic imine (C=N–C) groups is 1. The zero-order valence-electron chi connectivity index (χ0n) is 10.3. The van der Waals surface area contributed by atoms with Crippen LogP contribution in [0.25, 0.3) is 0 Å². The van der Waals surface area contributed by atoms with Gasteiger partial charge in [-0.2, -0.15) is 0 Å². The van der Waals surface area contributed by atoms with Gasteiger partial charge in [-0.05, 0) is 31.5 Å². The molecular weight excluding hydrogens is 232 g/mol. The molecule has 1 aliphatic heterocycles. The average molecular weight is 250 g/mol. The highest BCUT2D eigenvalue weighted by Gasteiger charge is 2.14. The van der Waals surface area contributed by atoms with E-state index in [1.165, 1.54) is 5.56 Å². The molecule has 2 rings (SSSR count). The molecule has 92 valence electrons. The summed E-state index contributed by atoms with van der Waals surface area (Å²) >= 11 is 1.78. The van der Waals surface area contributed by atoms with E-state index < -0.39 is 0 Å². The van der Waals surface area contributed by atoms with E-state index in [-0.39, 0.29) is 0 Å². The van der Waals surface area contributed by atoms with E-state index >= 15 is 0 Å². The molecule has 4 heteroatoms. The number of ether oxygens (including phenoxy) is 1. The number of hydrogen-bond donors (Lipinski definition) is 1. The number of amidine groups is 1. The molecule has 0 spiro atoms. The van der Waals surface area contributed by atoms with E-state index in [4.69, 9.17) is 4.74 Å². The third kappa shape index (κ3) is 3.97. The Hall–Kier alpha value is -1.16. The normalized spacial score (nSPS) is 21.5. The fraction of sp³-hybridized carbons (Fsp3) is 0.462. The molecule has 1 fully saturated rings. The van der Waals surface area contributed by atoms with E-state index in [9.17, 15) is 0 Å². The van der Waals surface area contributed by atoms with Crippen molar-refractivity contribution in [3.05, 3.63) is 29.8 Å². The van der Waals surface area contributed by atoms with Gasteiger partial charge in [0.1, 0.15) is 12.4 Å². The lowest BCUT2D eigenvalue weighted by Gasteiger charge is -2.05. The number of hydrogen-bond acceptors (Lipinski definition) is 3. The fourth-order valence-electron chi connectivity index (χ4n) is 1.61. The van der Waals surface area contributed by atoms with Crippen LogP contribution in [0.4, 0.5) is 0 Å². The molecule has 3 nitrogen and oxygen atoms in total. The first-order valence-electron chi connectivity index (χ1n) is 5.87. The second-order valence-corrected chi connectivity index (χ2v) is 5.22. The lowest BCUT2D eigenvalue weighted by molar-refractivity contribution is 0.328. The quantitative estimate of drug-likeness (QED) is 0.833. The molecule has 1 saturated heterocycles. The summed E-state index contributed by atoms with van der Waals surface area (Å²) in [7, 11) is 0. The molecule has 0 bridgehead atoms. The van der Waals surface area contributed by atoms with Crippen LogP contribution >= 0.6 is 11.8 Å². The van der Waals surface area contributed by atoms with Gasteiger partial charge >= 0.3 is 0 Å². The van der Waals surface area contributed by atoms with Crippen molar-refractivity contribution in [1.29, 1.82) is 0 Å². The van der Waals surface area contributed by atoms with Gasteiger partial charge in [0, 0.05) is 11.8 Å². The van der Waals surface area contributed by atoms with Crippen molar-refractivity contribution >= 4 is 16.9 Å². The SMILES string of the molecule is Cc1cccc(OCCN=C2NC(C)CS2)c1. The summed E-state index contributed by atoms with van der Waals surface area (Å²) in [5, 5.41) is 4.37. The highest BCUT2D eigenvalue weighted by Crippen LogP contribution is 2.14. The fourth-order valence-corrected chi connectivity index (χ4v) is 2.56. The third-order valence-corrected chi connectivity index (χ3v) is 3.63. The first-order valence-corrected chi connectivity index (χ1v) is 6.86. The highest BCUT2D eigenvalue weighted by molar-refractivity contribution is 8.14. The molecule has 0 aliphatic carbocycles. The van der Waals surface area contributed by atoms with Gasteiger partial charge < -0.3 is 10.1 Å². The smallest absolute Gasteiger partial charge is 0.156 e. The van der Waals surface area contributed by atoms with E-state index in [0.29, 0.717) is 19.2 Å². The van der Waals surface area contributed by atoms with Gasteiger partial charge in [0.25, 0.3) is 0 Å². The molecule has 17 heavy (non-hydrogen) atoms. The lowest BCUT2D eigenvalue weighted by Crippen LogP contribution is -2.23. The van der Waals surface area contributed by atoms with Crippen molar-refractivity contribution in [2.45, 2.75) is 19.9 Å². The van der Waals surface area contributed by atoms with Gasteiger partial charge in [0.05, 0.1) is 6.54 Å². The van der Waals surface area contributed by atoms with Gasteiger partial charge in [0.15, 0.2) is 5.17 Å². The predicted molar refractivity (Wildman–Crippen MR) is 74.0 cm³/mol. The van der Waals surface area contributed by atoms with Gasteiger partial charge in [-0.3, -0.25) is 4.99 Å². The summed E-state index contributed by atoms with van der Waals surface area (Å²) in [6, 6.07) is 8.62. The van der Waals surface area contributed by atoms with Crippen LogP contribution in [0.15, 0.2) is 29.3 Å². The van der Waals surface area contributed by atoms with Gasteiger partial charge in [-0.15, -0.1) is 0 Å². The molecule has 0 aromatic heterocycles. The van der Waals surface area contributed by atoms with Crippen molar-refractivity contribution in [3.63, 3.8) is 0 Å². The Balaban J connectivity index is 1.73. The highest BCUT2D eigenvalue weighted by atomic mass is 32.2. The minimum absolute atomic E-state index is 0.538. The Bertz CT molecular complexity index is 406. The van der Waals surface area contributed by atoms with Crippen LogP contribution in [0, 0.1) is 6.92 Å². The van der Waals surface area contributed by atoms with Crippen molar-refractivity contribution in [1.82, 2.24) is 5.32 Å². The molecule has 1 aromatic rings. The summed E-state index contributed by atoms with van der Waals surface area (Å²) in [4.78, 5) is 4.45. The Labute approximate surface area is 107 Å². The second kappa shape index (κ2) is 5.96. The molecule has 1 aromatic carbocycles. The van der Waals surface area contributed by atoms with E-state index in [1.807, 2.05) is 18.2 Å². The van der Waals surface area contributed by atoms with Crippen molar-refractivity contribution in [3.8, 4) is 5.75 Å². The van der Waals surface area contributed by atoms with Crippen molar-refractivity contribution < 1.29 is 4.74 Å². The van der Waals surface area contributed by atoms with E-state index in [2.05, 4.69) is 30.2 Å². The number of benzene rings is 1. The molecular formula is C13H18N2OS. The monoisotopic (exact) mass is 250 g/mol. The van der Waals surface area contributed by atoms with Crippen LogP contribution in [0.5, 0.6) is 5.75 Å². The Morgan fingerprint density at radius 1 is 1.53 bits per heavy atom. The van der Waals surface area contributed by atoms with Crippen molar-refractivity contribution in [2.24, 2.45) is 4.99 Å². The minimum Gasteiger partial charge on any atom is -0.492 e. The molecule has 0 amide bonds. The van der Waals surface area contributed by atoms with Gasteiger partial charge in [-0.25, -0.2) is 0 Å². The largest absolute Gasteiger partial charge is 0.492 e. The summed E-state index contributed by atoms with van der Waals surface area (Å²) in [6.45, 7) is 5.56. The maximum atomic E-state index is 5.63. The third-order valence-electron chi connectivity index (χ3n) is 2.44. The molecule has 1 unspecified atom stereocenters. The molecule has 1 heterocycles. The predicted octanol–water partition coefficient (Wildman–Crippen LogP) is 2.45. The number of rotatable bonds is 4. The minimum atomic E-state index is 0.538. The Morgan fingerprint density at radius 2 is 2.41 bits per heavy atom. The first-order chi connectivity index (χ1) is 8.24. The summed E-state index contributed by atoms with van der Waals surface area (Å²) in [6.07, 6.45) is 0. The molecule has 1 aliphatic rings.